The van der Waals surface area contributed by atoms with E-state index in [1.54, 1.807) is 24.1 Å². The van der Waals surface area contributed by atoms with Gasteiger partial charge in [0, 0.05) is 37.3 Å². The van der Waals surface area contributed by atoms with E-state index < -0.39 is 5.97 Å². The number of carbonyl (C=O) groups is 3. The summed E-state index contributed by atoms with van der Waals surface area (Å²) in [5.41, 5.74) is 5.72. The van der Waals surface area contributed by atoms with E-state index in [1.165, 1.54) is 5.56 Å². The van der Waals surface area contributed by atoms with Crippen LogP contribution in [0, 0.1) is 0 Å². The Kier molecular flexibility index (Phi) is 8.97. The van der Waals surface area contributed by atoms with E-state index in [9.17, 15) is 19.5 Å². The van der Waals surface area contributed by atoms with Crippen LogP contribution >= 0.6 is 0 Å². The summed E-state index contributed by atoms with van der Waals surface area (Å²) in [5, 5.41) is 9.38. The van der Waals surface area contributed by atoms with Gasteiger partial charge in [-0.1, -0.05) is 72.8 Å². The minimum absolute atomic E-state index is 0.0758. The molecule has 0 bridgehead atoms. The van der Waals surface area contributed by atoms with Gasteiger partial charge in [-0.15, -0.1) is 0 Å². The maximum atomic E-state index is 14.0. The number of nitrogens with zero attached hydrogens (tertiary/aromatic N) is 2. The van der Waals surface area contributed by atoms with Gasteiger partial charge in [-0.05, 0) is 64.9 Å². The van der Waals surface area contributed by atoms with Gasteiger partial charge in [0.25, 0.3) is 11.8 Å². The largest absolute Gasteiger partial charge is 0.497 e. The zero-order chi connectivity index (χ0) is 29.5. The van der Waals surface area contributed by atoms with Crippen LogP contribution in [-0.2, 0) is 24.2 Å². The number of hydrogen-bond donors (Lipinski definition) is 1. The Labute approximate surface area is 246 Å². The number of ether oxygens (including phenoxy) is 1. The highest BCUT2D eigenvalue weighted by molar-refractivity contribution is 6.06. The van der Waals surface area contributed by atoms with E-state index in [0.717, 1.165) is 23.3 Å². The number of methoxy groups -OCH3 is 1. The van der Waals surface area contributed by atoms with E-state index in [-0.39, 0.29) is 24.8 Å². The third-order valence-corrected chi connectivity index (χ3v) is 7.74. The number of carboxylic acid groups (broad SMARTS) is 1. The zero-order valence-electron chi connectivity index (χ0n) is 23.7. The summed E-state index contributed by atoms with van der Waals surface area (Å²) >= 11 is 0. The molecule has 4 aromatic carbocycles. The van der Waals surface area contributed by atoms with Crippen molar-refractivity contribution in [2.45, 2.75) is 25.8 Å². The van der Waals surface area contributed by atoms with Gasteiger partial charge in [0.1, 0.15) is 5.75 Å². The topological polar surface area (TPSA) is 87.1 Å². The predicted molar refractivity (Wildman–Crippen MR) is 162 cm³/mol. The monoisotopic (exact) mass is 562 g/mol. The van der Waals surface area contributed by atoms with Crippen molar-refractivity contribution in [3.05, 3.63) is 125 Å². The lowest BCUT2D eigenvalue weighted by molar-refractivity contribution is -0.137. The van der Waals surface area contributed by atoms with Gasteiger partial charge < -0.3 is 19.6 Å². The number of benzene rings is 4. The maximum absolute atomic E-state index is 14.0. The van der Waals surface area contributed by atoms with E-state index in [1.807, 2.05) is 77.7 Å². The Morgan fingerprint density at radius 1 is 0.786 bits per heavy atom. The first-order chi connectivity index (χ1) is 20.4. The average molecular weight is 563 g/mol. The van der Waals surface area contributed by atoms with Gasteiger partial charge in [-0.2, -0.15) is 0 Å². The Bertz CT molecular complexity index is 1580. The molecule has 2 amide bonds. The second kappa shape index (κ2) is 13.2. The van der Waals surface area contributed by atoms with Crippen LogP contribution in [-0.4, -0.2) is 59.4 Å². The van der Waals surface area contributed by atoms with Crippen molar-refractivity contribution in [1.29, 1.82) is 0 Å². The molecule has 0 unspecified atom stereocenters. The first-order valence-electron chi connectivity index (χ1n) is 14.1. The molecule has 7 heteroatoms. The smallest absolute Gasteiger partial charge is 0.305 e. The predicted octanol–water partition coefficient (Wildman–Crippen LogP) is 5.72. The molecule has 7 nitrogen and oxygen atoms in total. The second-order valence-electron chi connectivity index (χ2n) is 10.4. The first kappa shape index (κ1) is 28.6. The minimum atomic E-state index is -0.968. The molecule has 0 aliphatic carbocycles. The lowest BCUT2D eigenvalue weighted by Gasteiger charge is -2.30. The lowest BCUT2D eigenvalue weighted by atomic mass is 9.93. The molecular weight excluding hydrogens is 528 g/mol. The number of hydrogen-bond acceptors (Lipinski definition) is 4. The molecule has 0 spiro atoms. The van der Waals surface area contributed by atoms with Crippen molar-refractivity contribution in [2.24, 2.45) is 0 Å². The second-order valence-corrected chi connectivity index (χ2v) is 10.4. The van der Waals surface area contributed by atoms with E-state index >= 15 is 0 Å². The Morgan fingerprint density at radius 3 is 2.10 bits per heavy atom. The fourth-order valence-corrected chi connectivity index (χ4v) is 5.42. The van der Waals surface area contributed by atoms with Crippen LogP contribution in [0.2, 0.25) is 0 Å². The number of aliphatic carboxylic acids is 1. The molecular formula is C35H34N2O5. The van der Waals surface area contributed by atoms with Gasteiger partial charge in [-0.25, -0.2) is 0 Å². The van der Waals surface area contributed by atoms with Crippen molar-refractivity contribution in [2.75, 3.05) is 26.7 Å². The Hall–Kier alpha value is -4.91. The summed E-state index contributed by atoms with van der Waals surface area (Å²) in [5.74, 6) is -0.572. The molecule has 1 N–H and O–H groups in total. The number of carboxylic acids is 1. The zero-order valence-corrected chi connectivity index (χ0v) is 23.7. The van der Waals surface area contributed by atoms with Crippen LogP contribution in [0.3, 0.4) is 0 Å². The van der Waals surface area contributed by atoms with Gasteiger partial charge in [0.15, 0.2) is 0 Å². The number of amides is 2. The van der Waals surface area contributed by atoms with Crippen LogP contribution in [0.4, 0.5) is 0 Å². The van der Waals surface area contributed by atoms with Crippen LogP contribution in [0.1, 0.15) is 43.8 Å². The Morgan fingerprint density at radius 2 is 1.40 bits per heavy atom. The summed E-state index contributed by atoms with van der Waals surface area (Å²) in [6, 6.07) is 30.4. The molecule has 0 radical (unpaired) electrons. The molecule has 0 saturated heterocycles. The summed E-state index contributed by atoms with van der Waals surface area (Å²) in [6.45, 7) is 1.59. The summed E-state index contributed by atoms with van der Waals surface area (Å²) in [7, 11) is 1.61. The van der Waals surface area contributed by atoms with Crippen LogP contribution in [0.15, 0.2) is 97.1 Å². The van der Waals surface area contributed by atoms with Crippen LogP contribution in [0.5, 0.6) is 5.75 Å². The van der Waals surface area contributed by atoms with Crippen LogP contribution in [0.25, 0.3) is 11.1 Å². The lowest BCUT2D eigenvalue weighted by Crippen LogP contribution is -2.36. The van der Waals surface area contributed by atoms with E-state index in [4.69, 9.17) is 4.74 Å². The number of rotatable bonds is 10. The molecule has 214 valence electrons. The third-order valence-electron chi connectivity index (χ3n) is 7.74. The summed E-state index contributed by atoms with van der Waals surface area (Å²) < 4.78 is 5.23. The average Bonchev–Trinajstić information content (AvgIpc) is 3.04. The first-order valence-corrected chi connectivity index (χ1v) is 14.1. The molecule has 5 rings (SSSR count). The van der Waals surface area contributed by atoms with Gasteiger partial charge in [-0.3, -0.25) is 14.4 Å². The maximum Gasteiger partial charge on any atom is 0.305 e. The van der Waals surface area contributed by atoms with Gasteiger partial charge >= 0.3 is 5.97 Å². The Balaban J connectivity index is 1.42. The number of carbonyl (C=O) groups excluding carboxylic acids is 2. The third kappa shape index (κ3) is 6.52. The van der Waals surface area contributed by atoms with Gasteiger partial charge in [0.2, 0.25) is 0 Å². The van der Waals surface area contributed by atoms with Crippen molar-refractivity contribution in [3.8, 4) is 16.9 Å². The standard InChI is InChI=1S/C35H34N2O5/c1-42-28-16-14-25(15-17-28)18-21-36(23-20-33(38)39)34(40)31-12-6-4-10-29(31)30-11-5-7-13-32(30)35(41)37-22-19-26-8-2-3-9-27(26)24-37/h2-17H,18-24H2,1H3,(H,38,39). The molecule has 1 aliphatic rings. The van der Waals surface area contributed by atoms with E-state index in [0.29, 0.717) is 48.3 Å². The molecule has 1 aliphatic heterocycles. The minimum Gasteiger partial charge on any atom is -0.497 e. The summed E-state index contributed by atoms with van der Waals surface area (Å²) in [6.07, 6.45) is 1.19. The number of fused-ring (bicyclic) bond motifs is 1. The normalized spacial score (nSPS) is 12.4. The van der Waals surface area contributed by atoms with Crippen molar-refractivity contribution in [1.82, 2.24) is 9.80 Å². The molecule has 0 aromatic heterocycles. The van der Waals surface area contributed by atoms with Crippen molar-refractivity contribution >= 4 is 17.8 Å². The van der Waals surface area contributed by atoms with Crippen molar-refractivity contribution in [3.63, 3.8) is 0 Å². The highest BCUT2D eigenvalue weighted by Crippen LogP contribution is 2.30. The van der Waals surface area contributed by atoms with E-state index in [2.05, 4.69) is 12.1 Å². The molecule has 4 aromatic rings. The van der Waals surface area contributed by atoms with Crippen LogP contribution < -0.4 is 4.74 Å². The molecule has 42 heavy (non-hydrogen) atoms. The highest BCUT2D eigenvalue weighted by Gasteiger charge is 2.26. The fourth-order valence-electron chi connectivity index (χ4n) is 5.42. The quantitative estimate of drug-likeness (QED) is 0.267. The van der Waals surface area contributed by atoms with Gasteiger partial charge in [0.05, 0.1) is 13.5 Å². The fraction of sp³-hybridized carbons (Fsp3) is 0.229. The van der Waals surface area contributed by atoms with Crippen molar-refractivity contribution < 1.29 is 24.2 Å². The molecule has 0 fully saturated rings. The molecule has 0 atom stereocenters. The molecule has 1 heterocycles. The summed E-state index contributed by atoms with van der Waals surface area (Å²) in [4.78, 5) is 42.8. The highest BCUT2D eigenvalue weighted by atomic mass is 16.5. The molecule has 0 saturated carbocycles. The SMILES string of the molecule is COc1ccc(CCN(CCC(=O)O)C(=O)c2ccccc2-c2ccccc2C(=O)N2CCc3ccccc3C2)cc1.